The summed E-state index contributed by atoms with van der Waals surface area (Å²) >= 11 is 0. The molecule has 2 aromatic heterocycles. The van der Waals surface area contributed by atoms with Crippen molar-refractivity contribution in [2.24, 2.45) is 0 Å². The zero-order valence-corrected chi connectivity index (χ0v) is 14.3. The van der Waals surface area contributed by atoms with Crippen LogP contribution in [0.4, 0.5) is 5.82 Å². The lowest BCUT2D eigenvalue weighted by atomic mass is 10.1. The van der Waals surface area contributed by atoms with E-state index in [0.717, 1.165) is 30.2 Å². The Morgan fingerprint density at radius 3 is 2.35 bits per heavy atom. The molecular weight excluding hydrogens is 326 g/mol. The van der Waals surface area contributed by atoms with Gasteiger partial charge in [0, 0.05) is 44.0 Å². The van der Waals surface area contributed by atoms with Crippen LogP contribution in [0.5, 0.6) is 0 Å². The molecule has 1 aliphatic heterocycles. The molecule has 26 heavy (non-hydrogen) atoms. The van der Waals surface area contributed by atoms with Gasteiger partial charge in [0.1, 0.15) is 17.8 Å². The van der Waals surface area contributed by atoms with Crippen molar-refractivity contribution >= 4 is 11.7 Å². The van der Waals surface area contributed by atoms with Crippen LogP contribution < -0.4 is 4.90 Å². The Hall–Kier alpha value is -3.28. The van der Waals surface area contributed by atoms with Gasteiger partial charge in [0.05, 0.1) is 5.69 Å². The van der Waals surface area contributed by atoms with Crippen molar-refractivity contribution in [3.05, 3.63) is 72.8 Å². The average molecular weight is 345 g/mol. The third-order valence-corrected chi connectivity index (χ3v) is 4.50. The number of anilines is 1. The highest BCUT2D eigenvalue weighted by atomic mass is 16.2. The van der Waals surface area contributed by atoms with E-state index in [1.165, 1.54) is 0 Å². The highest BCUT2D eigenvalue weighted by Gasteiger charge is 2.23. The number of piperazine rings is 1. The van der Waals surface area contributed by atoms with E-state index < -0.39 is 0 Å². The molecule has 1 aromatic carbocycles. The van der Waals surface area contributed by atoms with Crippen LogP contribution in [0.25, 0.3) is 11.3 Å². The van der Waals surface area contributed by atoms with E-state index in [9.17, 15) is 4.79 Å². The lowest BCUT2D eigenvalue weighted by molar-refractivity contribution is 0.0740. The topological polar surface area (TPSA) is 62.2 Å². The molecule has 1 fully saturated rings. The minimum Gasteiger partial charge on any atom is -0.353 e. The standard InChI is InChI=1S/C20H19N5O/c26-20(17-8-4-5-9-21-17)25-12-10-24(11-13-25)19-14-18(22-15-23-19)16-6-2-1-3-7-16/h1-9,14-15H,10-13H2. The first-order valence-electron chi connectivity index (χ1n) is 8.64. The number of hydrogen-bond donors (Lipinski definition) is 0. The molecule has 0 radical (unpaired) electrons. The summed E-state index contributed by atoms with van der Waals surface area (Å²) in [4.78, 5) is 29.5. The van der Waals surface area contributed by atoms with Crippen molar-refractivity contribution in [3.8, 4) is 11.3 Å². The van der Waals surface area contributed by atoms with Gasteiger partial charge in [-0.2, -0.15) is 0 Å². The van der Waals surface area contributed by atoms with Crippen molar-refractivity contribution in [2.75, 3.05) is 31.1 Å². The highest BCUT2D eigenvalue weighted by molar-refractivity contribution is 5.92. The van der Waals surface area contributed by atoms with E-state index in [1.54, 1.807) is 18.6 Å². The SMILES string of the molecule is O=C(c1ccccn1)N1CCN(c2cc(-c3ccccc3)ncn2)CC1. The zero-order valence-electron chi connectivity index (χ0n) is 14.3. The summed E-state index contributed by atoms with van der Waals surface area (Å²) in [5.41, 5.74) is 2.47. The average Bonchev–Trinajstić information content (AvgIpc) is 2.75. The fourth-order valence-corrected chi connectivity index (χ4v) is 3.08. The van der Waals surface area contributed by atoms with E-state index in [4.69, 9.17) is 0 Å². The van der Waals surface area contributed by atoms with Gasteiger partial charge in [0.2, 0.25) is 0 Å². The monoisotopic (exact) mass is 345 g/mol. The lowest BCUT2D eigenvalue weighted by Gasteiger charge is -2.35. The Morgan fingerprint density at radius 1 is 0.846 bits per heavy atom. The largest absolute Gasteiger partial charge is 0.353 e. The second kappa shape index (κ2) is 7.31. The van der Waals surface area contributed by atoms with Gasteiger partial charge in [-0.3, -0.25) is 9.78 Å². The molecule has 3 aromatic rings. The molecule has 0 spiro atoms. The van der Waals surface area contributed by atoms with E-state index >= 15 is 0 Å². The second-order valence-electron chi connectivity index (χ2n) is 6.12. The molecular formula is C20H19N5O. The number of aromatic nitrogens is 3. The minimum absolute atomic E-state index is 0.0158. The fraction of sp³-hybridized carbons (Fsp3) is 0.200. The van der Waals surface area contributed by atoms with Gasteiger partial charge in [-0.05, 0) is 12.1 Å². The normalized spacial score (nSPS) is 14.3. The lowest BCUT2D eigenvalue weighted by Crippen LogP contribution is -2.49. The van der Waals surface area contributed by atoms with Crippen molar-refractivity contribution in [1.29, 1.82) is 0 Å². The van der Waals surface area contributed by atoms with Crippen LogP contribution in [0.3, 0.4) is 0 Å². The van der Waals surface area contributed by atoms with Gasteiger partial charge >= 0.3 is 0 Å². The van der Waals surface area contributed by atoms with Gasteiger partial charge < -0.3 is 9.80 Å². The Balaban J connectivity index is 1.45. The molecule has 1 aliphatic rings. The molecule has 1 saturated heterocycles. The van der Waals surface area contributed by atoms with Gasteiger partial charge in [-0.1, -0.05) is 36.4 Å². The minimum atomic E-state index is -0.0158. The quantitative estimate of drug-likeness (QED) is 0.730. The van der Waals surface area contributed by atoms with Crippen LogP contribution in [0.1, 0.15) is 10.5 Å². The van der Waals surface area contributed by atoms with Crippen LogP contribution in [0.2, 0.25) is 0 Å². The summed E-state index contributed by atoms with van der Waals surface area (Å²) in [5.74, 6) is 0.877. The van der Waals surface area contributed by atoms with E-state index in [1.807, 2.05) is 53.4 Å². The first kappa shape index (κ1) is 16.2. The Labute approximate surface area is 152 Å². The van der Waals surface area contributed by atoms with Crippen LogP contribution in [-0.2, 0) is 0 Å². The first-order valence-corrected chi connectivity index (χ1v) is 8.64. The van der Waals surface area contributed by atoms with Crippen molar-refractivity contribution in [3.63, 3.8) is 0 Å². The summed E-state index contributed by atoms with van der Waals surface area (Å²) in [6, 6.07) is 17.5. The molecule has 0 bridgehead atoms. The number of pyridine rings is 1. The maximum absolute atomic E-state index is 12.5. The molecule has 1 amide bonds. The van der Waals surface area contributed by atoms with E-state index in [0.29, 0.717) is 18.8 Å². The predicted octanol–water partition coefficient (Wildman–Crippen LogP) is 2.50. The third kappa shape index (κ3) is 3.39. The van der Waals surface area contributed by atoms with E-state index in [-0.39, 0.29) is 5.91 Å². The van der Waals surface area contributed by atoms with Crippen molar-refractivity contribution in [1.82, 2.24) is 19.9 Å². The number of carbonyl (C=O) groups excluding carboxylic acids is 1. The number of rotatable bonds is 3. The molecule has 6 nitrogen and oxygen atoms in total. The van der Waals surface area contributed by atoms with Crippen molar-refractivity contribution in [2.45, 2.75) is 0 Å². The van der Waals surface area contributed by atoms with Crippen LogP contribution >= 0.6 is 0 Å². The van der Waals surface area contributed by atoms with Crippen LogP contribution in [-0.4, -0.2) is 51.9 Å². The smallest absolute Gasteiger partial charge is 0.272 e. The summed E-state index contributed by atoms with van der Waals surface area (Å²) < 4.78 is 0. The molecule has 130 valence electrons. The fourth-order valence-electron chi connectivity index (χ4n) is 3.08. The van der Waals surface area contributed by atoms with Crippen LogP contribution in [0.15, 0.2) is 67.1 Å². The molecule has 0 aliphatic carbocycles. The Bertz CT molecular complexity index is 877. The van der Waals surface area contributed by atoms with Crippen molar-refractivity contribution < 1.29 is 4.79 Å². The summed E-state index contributed by atoms with van der Waals surface area (Å²) in [7, 11) is 0. The first-order chi connectivity index (χ1) is 12.8. The molecule has 0 unspecified atom stereocenters. The third-order valence-electron chi connectivity index (χ3n) is 4.50. The summed E-state index contributed by atoms with van der Waals surface area (Å²) in [6.07, 6.45) is 3.25. The van der Waals surface area contributed by atoms with E-state index in [2.05, 4.69) is 19.9 Å². The molecule has 3 heterocycles. The van der Waals surface area contributed by atoms with Gasteiger partial charge in [0.15, 0.2) is 0 Å². The van der Waals surface area contributed by atoms with Gasteiger partial charge in [0.25, 0.3) is 5.91 Å². The maximum Gasteiger partial charge on any atom is 0.272 e. The molecule has 0 saturated carbocycles. The second-order valence-corrected chi connectivity index (χ2v) is 6.12. The Morgan fingerprint density at radius 2 is 1.62 bits per heavy atom. The molecule has 0 atom stereocenters. The zero-order chi connectivity index (χ0) is 17.8. The highest BCUT2D eigenvalue weighted by Crippen LogP contribution is 2.21. The number of amides is 1. The molecule has 6 heteroatoms. The molecule has 4 rings (SSSR count). The molecule has 0 N–H and O–H groups in total. The Kier molecular flexibility index (Phi) is 4.55. The summed E-state index contributed by atoms with van der Waals surface area (Å²) in [6.45, 7) is 2.79. The van der Waals surface area contributed by atoms with Gasteiger partial charge in [-0.15, -0.1) is 0 Å². The summed E-state index contributed by atoms with van der Waals surface area (Å²) in [5, 5.41) is 0. The number of carbonyl (C=O) groups is 1. The van der Waals surface area contributed by atoms with Gasteiger partial charge in [-0.25, -0.2) is 9.97 Å². The number of nitrogens with zero attached hydrogens (tertiary/aromatic N) is 5. The number of benzene rings is 1. The maximum atomic E-state index is 12.5. The van der Waals surface area contributed by atoms with Crippen LogP contribution in [0, 0.1) is 0 Å². The number of hydrogen-bond acceptors (Lipinski definition) is 5. The predicted molar refractivity (Wildman–Crippen MR) is 99.8 cm³/mol.